The fourth-order valence-corrected chi connectivity index (χ4v) is 3.99. The van der Waals surface area contributed by atoms with Crippen LogP contribution in [0.1, 0.15) is 45.4 Å². The summed E-state index contributed by atoms with van der Waals surface area (Å²) in [6.45, 7) is 7.22. The molecule has 1 heterocycles. The molecule has 1 aliphatic heterocycles. The molecule has 0 aromatic rings. The Bertz CT molecular complexity index is 386. The van der Waals surface area contributed by atoms with Crippen molar-refractivity contribution in [3.63, 3.8) is 0 Å². The zero-order chi connectivity index (χ0) is 15.4. The maximum Gasteiger partial charge on any atom is 0.191 e. The van der Waals surface area contributed by atoms with E-state index in [0.29, 0.717) is 11.6 Å². The second kappa shape index (κ2) is 7.18. The Labute approximate surface area is 134 Å². The fourth-order valence-electron chi connectivity index (χ4n) is 3.99. The van der Waals surface area contributed by atoms with Crippen molar-refractivity contribution in [1.29, 1.82) is 0 Å². The van der Waals surface area contributed by atoms with Gasteiger partial charge < -0.3 is 15.4 Å². The summed E-state index contributed by atoms with van der Waals surface area (Å²) >= 11 is 0. The molecule has 0 bridgehead atoms. The largest absolute Gasteiger partial charge is 0.379 e. The summed E-state index contributed by atoms with van der Waals surface area (Å²) in [5.41, 5.74) is 0.300. The van der Waals surface area contributed by atoms with Crippen LogP contribution in [0.5, 0.6) is 0 Å². The maximum absolute atomic E-state index is 5.56. The van der Waals surface area contributed by atoms with Gasteiger partial charge in [0.2, 0.25) is 0 Å². The molecule has 0 radical (unpaired) electrons. The molecule has 5 heteroatoms. The SMILES string of the molecule is CN=C(NCC1(N2CCOCC2)CCCCC1)NC1CC1C. The molecule has 3 fully saturated rings. The second-order valence-electron chi connectivity index (χ2n) is 7.27. The molecule has 0 aromatic heterocycles. The highest BCUT2D eigenvalue weighted by Crippen LogP contribution is 2.34. The van der Waals surface area contributed by atoms with Crippen molar-refractivity contribution in [3.05, 3.63) is 0 Å². The number of hydrogen-bond donors (Lipinski definition) is 2. The molecule has 1 saturated heterocycles. The first-order chi connectivity index (χ1) is 10.7. The van der Waals surface area contributed by atoms with Crippen molar-refractivity contribution in [1.82, 2.24) is 15.5 Å². The van der Waals surface area contributed by atoms with Gasteiger partial charge in [-0.05, 0) is 25.2 Å². The molecular weight excluding hydrogens is 276 g/mol. The van der Waals surface area contributed by atoms with Gasteiger partial charge in [0.1, 0.15) is 0 Å². The van der Waals surface area contributed by atoms with Crippen LogP contribution in [0.25, 0.3) is 0 Å². The first kappa shape index (κ1) is 16.1. The molecule has 2 aliphatic carbocycles. The normalized spacial score (nSPS) is 32.5. The highest BCUT2D eigenvalue weighted by Gasteiger charge is 2.39. The number of nitrogens with zero attached hydrogens (tertiary/aromatic N) is 2. The predicted molar refractivity (Wildman–Crippen MR) is 90.3 cm³/mol. The summed E-state index contributed by atoms with van der Waals surface area (Å²) in [4.78, 5) is 7.09. The van der Waals surface area contributed by atoms with E-state index in [0.717, 1.165) is 44.7 Å². The smallest absolute Gasteiger partial charge is 0.191 e. The average Bonchev–Trinajstić information content (AvgIpc) is 3.28. The summed E-state index contributed by atoms with van der Waals surface area (Å²) in [6, 6.07) is 0.622. The third-order valence-corrected chi connectivity index (χ3v) is 5.71. The number of ether oxygens (including phenoxy) is 1. The van der Waals surface area contributed by atoms with Crippen molar-refractivity contribution in [2.45, 2.75) is 57.0 Å². The van der Waals surface area contributed by atoms with E-state index in [4.69, 9.17) is 4.74 Å². The van der Waals surface area contributed by atoms with Gasteiger partial charge in [0.05, 0.1) is 13.2 Å². The van der Waals surface area contributed by atoms with Crippen LogP contribution in [0.15, 0.2) is 4.99 Å². The van der Waals surface area contributed by atoms with E-state index in [9.17, 15) is 0 Å². The molecule has 2 unspecified atom stereocenters. The van der Waals surface area contributed by atoms with Crippen molar-refractivity contribution in [2.75, 3.05) is 39.9 Å². The molecule has 0 aromatic carbocycles. The molecule has 2 atom stereocenters. The molecule has 5 nitrogen and oxygen atoms in total. The molecular formula is C17H32N4O. The Morgan fingerprint density at radius 1 is 1.23 bits per heavy atom. The zero-order valence-corrected chi connectivity index (χ0v) is 14.2. The third-order valence-electron chi connectivity index (χ3n) is 5.71. The Morgan fingerprint density at radius 3 is 2.50 bits per heavy atom. The summed E-state index contributed by atoms with van der Waals surface area (Å²) in [5.74, 6) is 1.77. The van der Waals surface area contributed by atoms with Gasteiger partial charge >= 0.3 is 0 Å². The van der Waals surface area contributed by atoms with Crippen LogP contribution < -0.4 is 10.6 Å². The van der Waals surface area contributed by atoms with Gasteiger partial charge in [0.25, 0.3) is 0 Å². The Morgan fingerprint density at radius 2 is 1.91 bits per heavy atom. The molecule has 2 saturated carbocycles. The van der Waals surface area contributed by atoms with E-state index >= 15 is 0 Å². The van der Waals surface area contributed by atoms with Crippen LogP contribution in [-0.4, -0.2) is 62.3 Å². The summed E-state index contributed by atoms with van der Waals surface area (Å²) in [6.07, 6.45) is 7.97. The van der Waals surface area contributed by atoms with Crippen molar-refractivity contribution >= 4 is 5.96 Å². The standard InChI is InChI=1S/C17H32N4O/c1-14-12-15(14)20-16(18-2)19-13-17(6-4-3-5-7-17)21-8-10-22-11-9-21/h14-15H,3-13H2,1-2H3,(H2,18,19,20). The van der Waals surface area contributed by atoms with Gasteiger partial charge in [-0.15, -0.1) is 0 Å². The van der Waals surface area contributed by atoms with E-state index in [1.807, 2.05) is 7.05 Å². The minimum atomic E-state index is 0.300. The number of aliphatic imine (C=N–C) groups is 1. The van der Waals surface area contributed by atoms with Crippen LogP contribution in [0.4, 0.5) is 0 Å². The molecule has 2 N–H and O–H groups in total. The number of morpholine rings is 1. The van der Waals surface area contributed by atoms with Crippen LogP contribution in [-0.2, 0) is 4.74 Å². The quantitative estimate of drug-likeness (QED) is 0.612. The monoisotopic (exact) mass is 308 g/mol. The number of nitrogens with one attached hydrogen (secondary N) is 2. The first-order valence-electron chi connectivity index (χ1n) is 9.03. The first-order valence-corrected chi connectivity index (χ1v) is 9.03. The van der Waals surface area contributed by atoms with Crippen LogP contribution in [0, 0.1) is 5.92 Å². The van der Waals surface area contributed by atoms with E-state index in [1.165, 1.54) is 38.5 Å². The number of hydrogen-bond acceptors (Lipinski definition) is 3. The summed E-state index contributed by atoms with van der Waals surface area (Å²) in [7, 11) is 1.88. The molecule has 0 amide bonds. The molecule has 22 heavy (non-hydrogen) atoms. The van der Waals surface area contributed by atoms with Crippen LogP contribution >= 0.6 is 0 Å². The lowest BCUT2D eigenvalue weighted by atomic mass is 9.80. The summed E-state index contributed by atoms with van der Waals surface area (Å²) in [5, 5.41) is 7.17. The van der Waals surface area contributed by atoms with E-state index < -0.39 is 0 Å². The highest BCUT2D eigenvalue weighted by molar-refractivity contribution is 5.80. The molecule has 3 aliphatic rings. The van der Waals surface area contributed by atoms with Crippen LogP contribution in [0.2, 0.25) is 0 Å². The van der Waals surface area contributed by atoms with Gasteiger partial charge in [-0.1, -0.05) is 26.2 Å². The minimum Gasteiger partial charge on any atom is -0.379 e. The maximum atomic E-state index is 5.56. The Hall–Kier alpha value is -0.810. The average molecular weight is 308 g/mol. The van der Waals surface area contributed by atoms with E-state index in [1.54, 1.807) is 0 Å². The molecule has 3 rings (SSSR count). The topological polar surface area (TPSA) is 48.9 Å². The number of guanidine groups is 1. The lowest BCUT2D eigenvalue weighted by molar-refractivity contribution is -0.0352. The zero-order valence-electron chi connectivity index (χ0n) is 14.2. The molecule has 126 valence electrons. The second-order valence-corrected chi connectivity index (χ2v) is 7.27. The van der Waals surface area contributed by atoms with Gasteiger partial charge in [-0.3, -0.25) is 9.89 Å². The lowest BCUT2D eigenvalue weighted by Crippen LogP contribution is -2.60. The van der Waals surface area contributed by atoms with Gasteiger partial charge in [-0.25, -0.2) is 0 Å². The van der Waals surface area contributed by atoms with Crippen molar-refractivity contribution in [3.8, 4) is 0 Å². The van der Waals surface area contributed by atoms with Crippen LogP contribution in [0.3, 0.4) is 0 Å². The lowest BCUT2D eigenvalue weighted by Gasteiger charge is -2.48. The van der Waals surface area contributed by atoms with Gasteiger partial charge in [0.15, 0.2) is 5.96 Å². The number of rotatable bonds is 4. The summed E-state index contributed by atoms with van der Waals surface area (Å²) < 4.78 is 5.56. The van der Waals surface area contributed by atoms with Crippen molar-refractivity contribution in [2.24, 2.45) is 10.9 Å². The van der Waals surface area contributed by atoms with Gasteiger partial charge in [0, 0.05) is 38.3 Å². The third kappa shape index (κ3) is 3.74. The van der Waals surface area contributed by atoms with Gasteiger partial charge in [-0.2, -0.15) is 0 Å². The predicted octanol–water partition coefficient (Wildman–Crippen LogP) is 1.59. The fraction of sp³-hybridized carbons (Fsp3) is 0.941. The Kier molecular flexibility index (Phi) is 5.24. The van der Waals surface area contributed by atoms with E-state index in [2.05, 4.69) is 27.4 Å². The molecule has 0 spiro atoms. The minimum absolute atomic E-state index is 0.300. The van der Waals surface area contributed by atoms with E-state index in [-0.39, 0.29) is 0 Å². The highest BCUT2D eigenvalue weighted by atomic mass is 16.5. The Balaban J connectivity index is 1.59. The van der Waals surface area contributed by atoms with Crippen molar-refractivity contribution < 1.29 is 4.74 Å².